The van der Waals surface area contributed by atoms with Crippen LogP contribution in [-0.2, 0) is 16.6 Å². The molecule has 2 heterocycles. The number of hydrogen-bond acceptors (Lipinski definition) is 5. The molecular formula is C18H22N4O3S. The third-order valence-corrected chi connectivity index (χ3v) is 6.12. The molecule has 0 aliphatic carbocycles. The maximum atomic E-state index is 12.4. The lowest BCUT2D eigenvalue weighted by Gasteiger charge is -2.17. The SMILES string of the molecule is CN(C)c1ncccc1CNC(=O)c1ccc(N2CCCS2(=O)=O)cc1. The summed E-state index contributed by atoms with van der Waals surface area (Å²) in [4.78, 5) is 18.6. The lowest BCUT2D eigenvalue weighted by Crippen LogP contribution is -2.26. The van der Waals surface area contributed by atoms with E-state index in [1.807, 2.05) is 31.1 Å². The zero-order valence-corrected chi connectivity index (χ0v) is 15.7. The number of carbonyl (C=O) groups is 1. The highest BCUT2D eigenvalue weighted by atomic mass is 32.2. The minimum atomic E-state index is -3.21. The number of sulfonamides is 1. The molecule has 1 aliphatic rings. The summed E-state index contributed by atoms with van der Waals surface area (Å²) in [7, 11) is 0.592. The number of hydrogen-bond donors (Lipinski definition) is 1. The fraction of sp³-hybridized carbons (Fsp3) is 0.333. The Labute approximate surface area is 153 Å². The third-order valence-electron chi connectivity index (χ3n) is 4.25. The van der Waals surface area contributed by atoms with Crippen LogP contribution >= 0.6 is 0 Å². The third kappa shape index (κ3) is 3.80. The van der Waals surface area contributed by atoms with E-state index in [9.17, 15) is 13.2 Å². The van der Waals surface area contributed by atoms with Gasteiger partial charge in [0.15, 0.2) is 0 Å². The summed E-state index contributed by atoms with van der Waals surface area (Å²) < 4.78 is 25.3. The van der Waals surface area contributed by atoms with E-state index in [0.29, 0.717) is 30.8 Å². The summed E-state index contributed by atoms with van der Waals surface area (Å²) in [5.74, 6) is 0.769. The Kier molecular flexibility index (Phi) is 5.13. The molecule has 3 rings (SSSR count). The van der Waals surface area contributed by atoms with E-state index in [2.05, 4.69) is 10.3 Å². The van der Waals surface area contributed by atoms with Crippen molar-refractivity contribution in [1.29, 1.82) is 0 Å². The van der Waals surface area contributed by atoms with Crippen molar-refractivity contribution in [3.63, 3.8) is 0 Å². The molecule has 8 heteroatoms. The van der Waals surface area contributed by atoms with Crippen molar-refractivity contribution >= 4 is 27.4 Å². The predicted octanol–water partition coefficient (Wildman–Crippen LogP) is 1.62. The summed E-state index contributed by atoms with van der Waals surface area (Å²) in [5, 5.41) is 2.88. The maximum Gasteiger partial charge on any atom is 0.251 e. The Hall–Kier alpha value is -2.61. The van der Waals surface area contributed by atoms with Gasteiger partial charge in [0.05, 0.1) is 11.4 Å². The first-order chi connectivity index (χ1) is 12.4. The second-order valence-corrected chi connectivity index (χ2v) is 8.36. The zero-order valence-electron chi connectivity index (χ0n) is 14.8. The van der Waals surface area contributed by atoms with Crippen LogP contribution in [0.25, 0.3) is 0 Å². The van der Waals surface area contributed by atoms with Crippen LogP contribution in [-0.4, -0.2) is 45.7 Å². The normalized spacial score (nSPS) is 15.7. The number of pyridine rings is 1. The van der Waals surface area contributed by atoms with Crippen LogP contribution in [0, 0.1) is 0 Å². The molecule has 1 aromatic heterocycles. The number of amides is 1. The average molecular weight is 374 g/mol. The molecule has 0 spiro atoms. The van der Waals surface area contributed by atoms with Gasteiger partial charge in [-0.25, -0.2) is 13.4 Å². The molecule has 0 bridgehead atoms. The second kappa shape index (κ2) is 7.33. The van der Waals surface area contributed by atoms with Crippen LogP contribution in [0.5, 0.6) is 0 Å². The quantitative estimate of drug-likeness (QED) is 0.860. The van der Waals surface area contributed by atoms with Gasteiger partial charge in [0.25, 0.3) is 5.91 Å². The fourth-order valence-corrected chi connectivity index (χ4v) is 4.52. The molecule has 26 heavy (non-hydrogen) atoms. The molecule has 0 atom stereocenters. The number of anilines is 2. The smallest absolute Gasteiger partial charge is 0.251 e. The highest BCUT2D eigenvalue weighted by Gasteiger charge is 2.28. The monoisotopic (exact) mass is 374 g/mol. The van der Waals surface area contributed by atoms with Crippen LogP contribution in [0.4, 0.5) is 11.5 Å². The van der Waals surface area contributed by atoms with Crippen molar-refractivity contribution in [3.05, 3.63) is 53.7 Å². The van der Waals surface area contributed by atoms with Crippen molar-refractivity contribution in [1.82, 2.24) is 10.3 Å². The van der Waals surface area contributed by atoms with E-state index < -0.39 is 10.0 Å². The van der Waals surface area contributed by atoms with Gasteiger partial charge >= 0.3 is 0 Å². The molecule has 7 nitrogen and oxygen atoms in total. The van der Waals surface area contributed by atoms with E-state index in [-0.39, 0.29) is 11.7 Å². The van der Waals surface area contributed by atoms with Crippen molar-refractivity contribution in [2.75, 3.05) is 35.6 Å². The van der Waals surface area contributed by atoms with Gasteiger partial charge in [-0.3, -0.25) is 9.10 Å². The van der Waals surface area contributed by atoms with Crippen LogP contribution in [0.1, 0.15) is 22.3 Å². The first kappa shape index (κ1) is 18.2. The summed E-state index contributed by atoms with van der Waals surface area (Å²) in [6.07, 6.45) is 2.34. The van der Waals surface area contributed by atoms with Crippen LogP contribution < -0.4 is 14.5 Å². The number of carbonyl (C=O) groups excluding carboxylic acids is 1. The fourth-order valence-electron chi connectivity index (χ4n) is 2.96. The number of benzene rings is 1. The van der Waals surface area contributed by atoms with Crippen molar-refractivity contribution in [2.45, 2.75) is 13.0 Å². The highest BCUT2D eigenvalue weighted by molar-refractivity contribution is 7.93. The molecule has 0 radical (unpaired) electrons. The molecule has 0 unspecified atom stereocenters. The largest absolute Gasteiger partial charge is 0.362 e. The molecule has 1 aliphatic heterocycles. The molecule has 0 saturated carbocycles. The van der Waals surface area contributed by atoms with E-state index in [4.69, 9.17) is 0 Å². The number of nitrogens with zero attached hydrogens (tertiary/aromatic N) is 3. The lowest BCUT2D eigenvalue weighted by atomic mass is 10.2. The topological polar surface area (TPSA) is 82.6 Å². The minimum Gasteiger partial charge on any atom is -0.362 e. The molecule has 1 fully saturated rings. The zero-order chi connectivity index (χ0) is 18.7. The number of rotatable bonds is 5. The summed E-state index contributed by atoms with van der Waals surface area (Å²) >= 11 is 0. The summed E-state index contributed by atoms with van der Waals surface area (Å²) in [5.41, 5.74) is 2.01. The molecule has 1 amide bonds. The summed E-state index contributed by atoms with van der Waals surface area (Å²) in [6, 6.07) is 10.4. The lowest BCUT2D eigenvalue weighted by molar-refractivity contribution is 0.0951. The Balaban J connectivity index is 1.68. The summed E-state index contributed by atoms with van der Waals surface area (Å²) in [6.45, 7) is 0.852. The van der Waals surface area contributed by atoms with Crippen LogP contribution in [0.2, 0.25) is 0 Å². The van der Waals surface area contributed by atoms with Gasteiger partial charge in [0.1, 0.15) is 5.82 Å². The first-order valence-electron chi connectivity index (χ1n) is 8.38. The van der Waals surface area contributed by atoms with E-state index >= 15 is 0 Å². The standard InChI is InChI=1S/C18H22N4O3S/c1-21(2)17-15(5-3-10-19-17)13-20-18(23)14-6-8-16(9-7-14)22-11-4-12-26(22,24)25/h3,5-10H,4,11-13H2,1-2H3,(H,20,23). The Morgan fingerprint density at radius 1 is 1.23 bits per heavy atom. The van der Waals surface area contributed by atoms with E-state index in [1.165, 1.54) is 4.31 Å². The van der Waals surface area contributed by atoms with Gasteiger partial charge < -0.3 is 10.2 Å². The van der Waals surface area contributed by atoms with Crippen molar-refractivity contribution < 1.29 is 13.2 Å². The van der Waals surface area contributed by atoms with E-state index in [1.54, 1.807) is 30.5 Å². The van der Waals surface area contributed by atoms with Crippen LogP contribution in [0.15, 0.2) is 42.6 Å². The van der Waals surface area contributed by atoms with Gasteiger partial charge in [-0.2, -0.15) is 0 Å². The van der Waals surface area contributed by atoms with Crippen molar-refractivity contribution in [3.8, 4) is 0 Å². The van der Waals surface area contributed by atoms with Gasteiger partial charge in [0, 0.05) is 44.5 Å². The Morgan fingerprint density at radius 3 is 2.58 bits per heavy atom. The Morgan fingerprint density at radius 2 is 1.96 bits per heavy atom. The predicted molar refractivity (Wildman–Crippen MR) is 102 cm³/mol. The highest BCUT2D eigenvalue weighted by Crippen LogP contribution is 2.24. The molecule has 138 valence electrons. The minimum absolute atomic E-state index is 0.175. The van der Waals surface area contributed by atoms with Gasteiger partial charge in [-0.15, -0.1) is 0 Å². The number of aromatic nitrogens is 1. The second-order valence-electron chi connectivity index (χ2n) is 6.35. The van der Waals surface area contributed by atoms with Gasteiger partial charge in [0.2, 0.25) is 10.0 Å². The molecule has 1 N–H and O–H groups in total. The molecule has 1 aromatic carbocycles. The first-order valence-corrected chi connectivity index (χ1v) is 9.99. The average Bonchev–Trinajstić information content (AvgIpc) is 2.99. The number of nitrogens with one attached hydrogen (secondary N) is 1. The molecule has 2 aromatic rings. The van der Waals surface area contributed by atoms with Gasteiger partial charge in [-0.1, -0.05) is 6.07 Å². The van der Waals surface area contributed by atoms with Crippen LogP contribution in [0.3, 0.4) is 0 Å². The maximum absolute atomic E-state index is 12.4. The molecule has 1 saturated heterocycles. The van der Waals surface area contributed by atoms with Gasteiger partial charge in [-0.05, 0) is 36.8 Å². The molecular weight excluding hydrogens is 352 g/mol. The Bertz CT molecular complexity index is 895. The van der Waals surface area contributed by atoms with E-state index in [0.717, 1.165) is 11.4 Å². The van der Waals surface area contributed by atoms with Crippen molar-refractivity contribution in [2.24, 2.45) is 0 Å².